The minimum atomic E-state index is -4.45. The van der Waals surface area contributed by atoms with Crippen LogP contribution in [0, 0.1) is 0 Å². The largest absolute Gasteiger partial charge is 0.416 e. The molecule has 1 atom stereocenters. The van der Waals surface area contributed by atoms with Crippen molar-refractivity contribution in [2.45, 2.75) is 63.0 Å². The number of ether oxygens (including phenoxy) is 1. The number of carbonyl (C=O) groups is 2. The van der Waals surface area contributed by atoms with E-state index in [0.717, 1.165) is 12.1 Å². The lowest BCUT2D eigenvalue weighted by Crippen LogP contribution is -2.66. The molecule has 234 valence electrons. The van der Waals surface area contributed by atoms with Crippen LogP contribution >= 0.6 is 0 Å². The molecule has 0 spiro atoms. The van der Waals surface area contributed by atoms with Crippen LogP contribution in [0.15, 0.2) is 55.2 Å². The summed E-state index contributed by atoms with van der Waals surface area (Å²) in [5, 5.41) is 2.73. The zero-order valence-electron chi connectivity index (χ0n) is 25.4. The molecule has 2 aliphatic heterocycles. The molecule has 1 unspecified atom stereocenters. The first kappa shape index (κ1) is 31.7. The maximum Gasteiger partial charge on any atom is 0.416 e. The van der Waals surface area contributed by atoms with Gasteiger partial charge in [-0.3, -0.25) is 14.6 Å². The molecule has 2 aliphatic rings. The Morgan fingerprint density at radius 2 is 1.80 bits per heavy atom. The second-order valence-corrected chi connectivity index (χ2v) is 17.8. The Hall–Kier alpha value is -3.68. The highest BCUT2D eigenvalue weighted by Crippen LogP contribution is 2.44. The molecular weight excluding hydrogens is 591 g/mol. The monoisotopic (exact) mass is 627 g/mol. The van der Waals surface area contributed by atoms with E-state index in [-0.39, 0.29) is 17.2 Å². The summed E-state index contributed by atoms with van der Waals surface area (Å²) < 4.78 is 50.8. The average molecular weight is 628 g/mol. The van der Waals surface area contributed by atoms with Gasteiger partial charge in [-0.2, -0.15) is 13.2 Å². The second kappa shape index (κ2) is 11.7. The van der Waals surface area contributed by atoms with Crippen LogP contribution in [0.4, 0.5) is 24.7 Å². The van der Waals surface area contributed by atoms with E-state index < -0.39 is 37.4 Å². The Labute approximate surface area is 255 Å². The number of pyridine rings is 1. The number of amides is 1. The van der Waals surface area contributed by atoms with E-state index in [9.17, 15) is 22.8 Å². The average Bonchev–Trinajstić information content (AvgIpc) is 3.31. The number of rotatable bonds is 9. The van der Waals surface area contributed by atoms with E-state index in [2.05, 4.69) is 59.0 Å². The fraction of sp³-hybridized carbons (Fsp3) is 0.452. The van der Waals surface area contributed by atoms with Crippen molar-refractivity contribution in [3.8, 4) is 0 Å². The van der Waals surface area contributed by atoms with Gasteiger partial charge in [0, 0.05) is 30.1 Å². The van der Waals surface area contributed by atoms with Crippen molar-refractivity contribution >= 4 is 31.5 Å². The minimum absolute atomic E-state index is 0.0353. The lowest BCUT2D eigenvalue weighted by Gasteiger charge is -2.50. The fourth-order valence-corrected chi connectivity index (χ4v) is 6.11. The number of Topliss-reactive ketones (excluding diaryl/α,β-unsaturated/α-hetero) is 1. The van der Waals surface area contributed by atoms with Crippen molar-refractivity contribution in [1.82, 2.24) is 15.0 Å². The van der Waals surface area contributed by atoms with E-state index in [4.69, 9.17) is 9.16 Å². The molecule has 2 aromatic heterocycles. The Balaban J connectivity index is 1.30. The molecule has 0 bridgehead atoms. The highest BCUT2D eigenvalue weighted by molar-refractivity contribution is 6.74. The first-order valence-electron chi connectivity index (χ1n) is 14.3. The number of carbonyl (C=O) groups excluding carboxylic acids is 2. The number of benzene rings is 1. The van der Waals surface area contributed by atoms with E-state index in [0.29, 0.717) is 54.6 Å². The molecule has 3 aromatic rings. The summed E-state index contributed by atoms with van der Waals surface area (Å²) in [6, 6.07) is 5.96. The molecule has 5 rings (SSSR count). The Morgan fingerprint density at radius 1 is 1.09 bits per heavy atom. The topological polar surface area (TPSA) is 107 Å². The van der Waals surface area contributed by atoms with Gasteiger partial charge in [-0.05, 0) is 41.9 Å². The number of anilines is 2. The number of aromatic nitrogens is 3. The van der Waals surface area contributed by atoms with Crippen LogP contribution in [0.5, 0.6) is 0 Å². The van der Waals surface area contributed by atoms with Crippen LogP contribution in [0.3, 0.4) is 0 Å². The summed E-state index contributed by atoms with van der Waals surface area (Å²) in [4.78, 5) is 41.6. The van der Waals surface area contributed by atoms with Gasteiger partial charge in [0.15, 0.2) is 14.1 Å². The molecule has 9 nitrogen and oxygen atoms in total. The van der Waals surface area contributed by atoms with Gasteiger partial charge in [-0.1, -0.05) is 32.9 Å². The highest BCUT2D eigenvalue weighted by atomic mass is 28.4. The minimum Gasteiger partial charge on any atom is -0.414 e. The first-order chi connectivity index (χ1) is 20.6. The van der Waals surface area contributed by atoms with E-state index in [1.807, 2.05) is 0 Å². The Morgan fingerprint density at radius 3 is 2.41 bits per heavy atom. The maximum atomic E-state index is 13.9. The summed E-state index contributed by atoms with van der Waals surface area (Å²) in [7, 11) is -2.06. The van der Waals surface area contributed by atoms with Crippen LogP contribution < -0.4 is 10.2 Å². The van der Waals surface area contributed by atoms with Crippen molar-refractivity contribution < 1.29 is 31.9 Å². The Kier molecular flexibility index (Phi) is 8.42. The van der Waals surface area contributed by atoms with Crippen molar-refractivity contribution in [1.29, 1.82) is 0 Å². The predicted molar refractivity (Wildman–Crippen MR) is 161 cm³/mol. The molecule has 4 heterocycles. The van der Waals surface area contributed by atoms with Crippen LogP contribution in [0.25, 0.3) is 0 Å². The third kappa shape index (κ3) is 6.40. The molecule has 1 saturated heterocycles. The van der Waals surface area contributed by atoms with Crippen molar-refractivity contribution in [3.05, 3.63) is 77.5 Å². The molecular formula is C31H36F3N5O4Si. The lowest BCUT2D eigenvalue weighted by atomic mass is 9.93. The number of nitrogens with zero attached hydrogens (tertiary/aromatic N) is 4. The quantitative estimate of drug-likeness (QED) is 0.240. The number of fused-ring (bicyclic) bond motifs is 1. The van der Waals surface area contributed by atoms with Gasteiger partial charge in [0.25, 0.3) is 0 Å². The predicted octanol–water partition coefficient (Wildman–Crippen LogP) is 5.65. The molecule has 0 saturated carbocycles. The Bertz CT molecular complexity index is 1540. The van der Waals surface area contributed by atoms with Gasteiger partial charge >= 0.3 is 6.18 Å². The number of ketones is 1. The van der Waals surface area contributed by atoms with E-state index in [1.165, 1.54) is 30.9 Å². The zero-order chi connectivity index (χ0) is 31.9. The van der Waals surface area contributed by atoms with Crippen LogP contribution in [0.2, 0.25) is 18.1 Å². The third-order valence-electron chi connectivity index (χ3n) is 8.81. The number of alkyl halides is 3. The SMILES string of the molecule is CC(C)(C)[Si](C)(C)OCC1(N2CC(C(=O)c3cncc(NC(=O)Cc4ccc(C(F)(F)F)cc4)c3)c3cncnc32)COC1. The summed E-state index contributed by atoms with van der Waals surface area (Å²) in [5.74, 6) is -0.544. The van der Waals surface area contributed by atoms with Crippen molar-refractivity contribution in [2.75, 3.05) is 36.6 Å². The number of hydrogen-bond donors (Lipinski definition) is 1. The summed E-state index contributed by atoms with van der Waals surface area (Å²) in [6.07, 6.45) is 1.40. The van der Waals surface area contributed by atoms with E-state index in [1.54, 1.807) is 12.3 Å². The summed E-state index contributed by atoms with van der Waals surface area (Å²) in [6.45, 7) is 12.7. The van der Waals surface area contributed by atoms with Gasteiger partial charge < -0.3 is 19.4 Å². The molecule has 1 aromatic carbocycles. The maximum absolute atomic E-state index is 13.9. The van der Waals surface area contributed by atoms with Gasteiger partial charge in [-0.15, -0.1) is 0 Å². The van der Waals surface area contributed by atoms with Crippen LogP contribution in [0.1, 0.15) is 53.7 Å². The third-order valence-corrected chi connectivity index (χ3v) is 13.3. The molecule has 0 aliphatic carbocycles. The normalized spacial score (nSPS) is 18.0. The number of nitrogens with one attached hydrogen (secondary N) is 1. The van der Waals surface area contributed by atoms with Crippen molar-refractivity contribution in [2.24, 2.45) is 0 Å². The van der Waals surface area contributed by atoms with Crippen LogP contribution in [-0.2, 0) is 26.6 Å². The molecule has 0 radical (unpaired) electrons. The number of halogens is 3. The van der Waals surface area contributed by atoms with Crippen LogP contribution in [-0.4, -0.2) is 66.9 Å². The van der Waals surface area contributed by atoms with Gasteiger partial charge in [0.05, 0.1) is 49.6 Å². The lowest BCUT2D eigenvalue weighted by molar-refractivity contribution is -0.137. The van der Waals surface area contributed by atoms with Gasteiger partial charge in [0.2, 0.25) is 5.91 Å². The van der Waals surface area contributed by atoms with Gasteiger partial charge in [0.1, 0.15) is 17.7 Å². The number of hydrogen-bond acceptors (Lipinski definition) is 8. The summed E-state index contributed by atoms with van der Waals surface area (Å²) >= 11 is 0. The van der Waals surface area contributed by atoms with Gasteiger partial charge in [-0.25, -0.2) is 9.97 Å². The second-order valence-electron chi connectivity index (χ2n) is 13.0. The first-order valence-corrected chi connectivity index (χ1v) is 17.2. The molecule has 13 heteroatoms. The molecule has 44 heavy (non-hydrogen) atoms. The standard InChI is InChI=1S/C31H36F3N5O4Si/c1-29(2,3)44(4,5)43-18-30(16-42-17-30)39-15-25(24-14-36-19-37-28(24)39)27(41)21-11-23(13-35-12-21)38-26(40)10-20-6-8-22(9-7-20)31(32,33)34/h6-9,11-14,19,25H,10,15-18H2,1-5H3,(H,38,40). The summed E-state index contributed by atoms with van der Waals surface area (Å²) in [5.41, 5.74) is 0.486. The molecule has 1 fully saturated rings. The van der Waals surface area contributed by atoms with E-state index >= 15 is 0 Å². The zero-order valence-corrected chi connectivity index (χ0v) is 26.4. The molecule has 1 N–H and O–H groups in total. The fourth-order valence-electron chi connectivity index (χ4n) is 5.05. The highest BCUT2D eigenvalue weighted by Gasteiger charge is 2.52. The van der Waals surface area contributed by atoms with Crippen molar-refractivity contribution in [3.63, 3.8) is 0 Å². The smallest absolute Gasteiger partial charge is 0.414 e. The molecule has 1 amide bonds.